The van der Waals surface area contributed by atoms with Crippen LogP contribution in [0.3, 0.4) is 0 Å². The molecule has 5 aromatic rings. The monoisotopic (exact) mass is 560 g/mol. The predicted molar refractivity (Wildman–Crippen MR) is 162 cm³/mol. The number of anilines is 2. The van der Waals surface area contributed by atoms with E-state index in [0.717, 1.165) is 58.0 Å². The minimum absolute atomic E-state index is 0.0365. The number of aromatic nitrogens is 3. The van der Waals surface area contributed by atoms with Gasteiger partial charge in [-0.1, -0.05) is 48.2 Å². The van der Waals surface area contributed by atoms with Gasteiger partial charge in [-0.15, -0.1) is 10.2 Å². The Balaban J connectivity index is 1.32. The van der Waals surface area contributed by atoms with E-state index in [4.69, 9.17) is 14.5 Å². The molecule has 0 spiro atoms. The van der Waals surface area contributed by atoms with Crippen molar-refractivity contribution in [3.05, 3.63) is 108 Å². The molecule has 0 aliphatic carbocycles. The molecule has 0 radical (unpaired) electrons. The number of para-hydroxylation sites is 2. The van der Waals surface area contributed by atoms with Crippen LogP contribution in [-0.2, 0) is 17.6 Å². The lowest BCUT2D eigenvalue weighted by Gasteiger charge is -2.24. The van der Waals surface area contributed by atoms with Crippen molar-refractivity contribution in [2.45, 2.75) is 18.0 Å². The van der Waals surface area contributed by atoms with Crippen molar-refractivity contribution in [2.24, 2.45) is 0 Å². The number of aryl methyl sites for hydroxylation is 2. The number of carbonyl (C=O) groups is 1. The number of rotatable bonds is 7. The maximum absolute atomic E-state index is 13.8. The molecule has 0 atom stereocenters. The van der Waals surface area contributed by atoms with E-state index in [1.165, 1.54) is 11.8 Å². The summed E-state index contributed by atoms with van der Waals surface area (Å²) < 4.78 is 10.7. The van der Waals surface area contributed by atoms with Crippen LogP contribution < -0.4 is 14.4 Å². The standard InChI is InChI=1S/C33H28N4O3S/c1-39-26-17-13-24(14-18-26)31-32(25-15-19-27(40-2)20-16-25)35-36-33(34-31)41-21-30(38)37-28-9-5-3-7-22(28)11-12-23-8-4-6-10-29(23)37/h3-10,13-20H,11-12,21H2,1-2H3. The molecule has 4 aromatic carbocycles. The maximum Gasteiger partial charge on any atom is 0.242 e. The third kappa shape index (κ3) is 5.51. The highest BCUT2D eigenvalue weighted by Gasteiger charge is 2.26. The summed E-state index contributed by atoms with van der Waals surface area (Å²) >= 11 is 1.28. The lowest BCUT2D eigenvalue weighted by Crippen LogP contribution is -2.28. The third-order valence-electron chi connectivity index (χ3n) is 7.10. The minimum Gasteiger partial charge on any atom is -0.497 e. The molecule has 0 saturated carbocycles. The lowest BCUT2D eigenvalue weighted by atomic mass is 10.0. The van der Waals surface area contributed by atoms with Gasteiger partial charge in [0.1, 0.15) is 22.9 Å². The van der Waals surface area contributed by atoms with Crippen molar-refractivity contribution in [1.82, 2.24) is 15.2 Å². The summed E-state index contributed by atoms with van der Waals surface area (Å²) in [5.41, 5.74) is 7.22. The Morgan fingerprint density at radius 3 is 1.76 bits per heavy atom. The molecule has 0 N–H and O–H groups in total. The molecule has 41 heavy (non-hydrogen) atoms. The fraction of sp³-hybridized carbons (Fsp3) is 0.152. The van der Waals surface area contributed by atoms with Gasteiger partial charge in [0.2, 0.25) is 11.1 Å². The highest BCUT2D eigenvalue weighted by atomic mass is 32.2. The number of benzene rings is 4. The van der Waals surface area contributed by atoms with Crippen LogP contribution in [0.5, 0.6) is 11.5 Å². The number of thioether (sulfide) groups is 1. The van der Waals surface area contributed by atoms with E-state index in [1.807, 2.05) is 89.8 Å². The van der Waals surface area contributed by atoms with Crippen LogP contribution in [0.15, 0.2) is 102 Å². The van der Waals surface area contributed by atoms with Crippen molar-refractivity contribution >= 4 is 29.0 Å². The zero-order valence-electron chi connectivity index (χ0n) is 22.8. The average Bonchev–Trinajstić information content (AvgIpc) is 3.21. The zero-order chi connectivity index (χ0) is 28.2. The molecule has 1 aliphatic rings. The number of nitrogens with zero attached hydrogens (tertiary/aromatic N) is 4. The maximum atomic E-state index is 13.8. The fourth-order valence-corrected chi connectivity index (χ4v) is 5.64. The number of hydrogen-bond donors (Lipinski definition) is 0. The molecular weight excluding hydrogens is 532 g/mol. The molecule has 8 heteroatoms. The Morgan fingerprint density at radius 2 is 1.22 bits per heavy atom. The van der Waals surface area contributed by atoms with Crippen LogP contribution in [0.25, 0.3) is 22.5 Å². The Labute approximate surface area is 243 Å². The van der Waals surface area contributed by atoms with Gasteiger partial charge < -0.3 is 9.47 Å². The van der Waals surface area contributed by atoms with Crippen molar-refractivity contribution in [1.29, 1.82) is 0 Å². The Morgan fingerprint density at radius 1 is 0.707 bits per heavy atom. The van der Waals surface area contributed by atoms with Crippen LogP contribution in [0.4, 0.5) is 11.4 Å². The topological polar surface area (TPSA) is 77.4 Å². The molecule has 2 heterocycles. The van der Waals surface area contributed by atoms with Gasteiger partial charge in [-0.2, -0.15) is 0 Å². The fourth-order valence-electron chi connectivity index (χ4n) is 5.01. The van der Waals surface area contributed by atoms with E-state index < -0.39 is 0 Å². The molecule has 1 aromatic heterocycles. The summed E-state index contributed by atoms with van der Waals surface area (Å²) in [4.78, 5) is 20.6. The summed E-state index contributed by atoms with van der Waals surface area (Å²) in [6.45, 7) is 0. The summed E-state index contributed by atoms with van der Waals surface area (Å²) in [7, 11) is 3.27. The highest BCUT2D eigenvalue weighted by Crippen LogP contribution is 2.37. The lowest BCUT2D eigenvalue weighted by molar-refractivity contribution is -0.115. The number of methoxy groups -OCH3 is 2. The predicted octanol–water partition coefficient (Wildman–Crippen LogP) is 6.78. The van der Waals surface area contributed by atoms with Gasteiger partial charge in [-0.3, -0.25) is 9.69 Å². The minimum atomic E-state index is -0.0365. The van der Waals surface area contributed by atoms with Gasteiger partial charge in [0.05, 0.1) is 31.3 Å². The van der Waals surface area contributed by atoms with Gasteiger partial charge in [-0.05, 0) is 84.6 Å². The molecule has 6 rings (SSSR count). The summed E-state index contributed by atoms with van der Waals surface area (Å²) in [5, 5.41) is 9.42. The molecule has 0 saturated heterocycles. The molecule has 204 valence electrons. The van der Waals surface area contributed by atoms with Gasteiger partial charge >= 0.3 is 0 Å². The number of amides is 1. The first-order valence-corrected chi connectivity index (χ1v) is 14.3. The van der Waals surface area contributed by atoms with E-state index in [0.29, 0.717) is 16.5 Å². The van der Waals surface area contributed by atoms with Gasteiger partial charge in [0, 0.05) is 11.1 Å². The summed E-state index contributed by atoms with van der Waals surface area (Å²) in [6, 6.07) is 31.5. The molecular formula is C33H28N4O3S. The second kappa shape index (κ2) is 11.8. The number of hydrogen-bond acceptors (Lipinski definition) is 7. The van der Waals surface area contributed by atoms with Gasteiger partial charge in [-0.25, -0.2) is 4.98 Å². The molecule has 7 nitrogen and oxygen atoms in total. The van der Waals surface area contributed by atoms with Crippen molar-refractivity contribution in [3.8, 4) is 34.0 Å². The second-order valence-corrected chi connectivity index (χ2v) is 10.5. The Kier molecular flexibility index (Phi) is 7.65. The second-order valence-electron chi connectivity index (χ2n) is 9.52. The highest BCUT2D eigenvalue weighted by molar-refractivity contribution is 7.99. The first-order chi connectivity index (χ1) is 20.1. The average molecular weight is 561 g/mol. The first kappa shape index (κ1) is 26.5. The van der Waals surface area contributed by atoms with Crippen molar-refractivity contribution in [3.63, 3.8) is 0 Å². The largest absolute Gasteiger partial charge is 0.497 e. The van der Waals surface area contributed by atoms with E-state index in [-0.39, 0.29) is 11.7 Å². The van der Waals surface area contributed by atoms with Gasteiger partial charge in [0.15, 0.2) is 0 Å². The molecule has 0 unspecified atom stereocenters. The normalized spacial score (nSPS) is 12.2. The SMILES string of the molecule is COc1ccc(-c2nnc(SCC(=O)N3c4ccccc4CCc4ccccc43)nc2-c2ccc(OC)cc2)cc1. The Hall–Kier alpha value is -4.69. The smallest absolute Gasteiger partial charge is 0.242 e. The molecule has 0 bridgehead atoms. The zero-order valence-corrected chi connectivity index (χ0v) is 23.6. The van der Waals surface area contributed by atoms with Crippen LogP contribution in [-0.4, -0.2) is 41.1 Å². The molecule has 1 amide bonds. The molecule has 0 fully saturated rings. The van der Waals surface area contributed by atoms with Crippen LogP contribution >= 0.6 is 11.8 Å². The Bertz CT molecular complexity index is 1640. The first-order valence-electron chi connectivity index (χ1n) is 13.3. The summed E-state index contributed by atoms with van der Waals surface area (Å²) in [5.74, 6) is 1.63. The number of ether oxygens (including phenoxy) is 2. The van der Waals surface area contributed by atoms with Crippen LogP contribution in [0.1, 0.15) is 11.1 Å². The van der Waals surface area contributed by atoms with Gasteiger partial charge in [0.25, 0.3) is 0 Å². The summed E-state index contributed by atoms with van der Waals surface area (Å²) in [6.07, 6.45) is 1.77. The van der Waals surface area contributed by atoms with Crippen LogP contribution in [0.2, 0.25) is 0 Å². The number of carbonyl (C=O) groups excluding carboxylic acids is 1. The van der Waals surface area contributed by atoms with Crippen molar-refractivity contribution < 1.29 is 14.3 Å². The van der Waals surface area contributed by atoms with E-state index in [9.17, 15) is 4.79 Å². The van der Waals surface area contributed by atoms with E-state index in [2.05, 4.69) is 22.3 Å². The molecule has 1 aliphatic heterocycles. The van der Waals surface area contributed by atoms with Crippen molar-refractivity contribution in [2.75, 3.05) is 24.9 Å². The van der Waals surface area contributed by atoms with E-state index in [1.54, 1.807) is 14.2 Å². The number of fused-ring (bicyclic) bond motifs is 2. The van der Waals surface area contributed by atoms with Crippen LogP contribution in [0, 0.1) is 0 Å². The van der Waals surface area contributed by atoms with E-state index >= 15 is 0 Å². The third-order valence-corrected chi connectivity index (χ3v) is 7.92. The quantitative estimate of drug-likeness (QED) is 0.203.